The van der Waals surface area contributed by atoms with Gasteiger partial charge in [0.05, 0.1) is 15.7 Å². The molecule has 10 aromatic rings. The average Bonchev–Trinajstić information content (AvgIpc) is 3.80. The summed E-state index contributed by atoms with van der Waals surface area (Å²) >= 11 is 3.80. The van der Waals surface area contributed by atoms with E-state index in [1.54, 1.807) is 0 Å². The van der Waals surface area contributed by atoms with Gasteiger partial charge in [0.25, 0.3) is 0 Å². The van der Waals surface area contributed by atoms with E-state index in [-0.39, 0.29) is 0 Å². The molecular weight excluding hydrogens is 607 g/mol. The summed E-state index contributed by atoms with van der Waals surface area (Å²) in [6, 6.07) is 59.9. The van der Waals surface area contributed by atoms with Crippen LogP contribution in [0.2, 0.25) is 0 Å². The van der Waals surface area contributed by atoms with Crippen LogP contribution in [0.4, 0.5) is 0 Å². The first-order chi connectivity index (χ1) is 23.3. The molecular formula is C44H27NS2. The molecule has 0 radical (unpaired) electrons. The van der Waals surface area contributed by atoms with E-state index in [4.69, 9.17) is 0 Å². The topological polar surface area (TPSA) is 4.93 Å². The Balaban J connectivity index is 1.10. The van der Waals surface area contributed by atoms with Crippen LogP contribution in [0, 0.1) is 0 Å². The molecule has 0 unspecified atom stereocenters. The summed E-state index contributed by atoms with van der Waals surface area (Å²) in [5.41, 5.74) is 11.3. The van der Waals surface area contributed by atoms with E-state index < -0.39 is 0 Å². The van der Waals surface area contributed by atoms with Crippen molar-refractivity contribution in [3.8, 4) is 39.1 Å². The van der Waals surface area contributed by atoms with Crippen molar-refractivity contribution in [1.82, 2.24) is 4.57 Å². The van der Waals surface area contributed by atoms with Gasteiger partial charge in [0.2, 0.25) is 0 Å². The standard InChI is InChI=1S/C44H27NS2/c1-3-11-28(12-4-1)30-21-23-35-36-24-22-31(27-41(36)46-40(35)26-30)29-13-9-14-32(25-29)34-18-10-19-38-42-44(47-43(34)38)37-17-7-8-20-39(37)45(42)33-15-5-2-6-16-33/h1-27H. The fourth-order valence-electron chi connectivity index (χ4n) is 7.20. The van der Waals surface area contributed by atoms with Crippen LogP contribution >= 0.6 is 22.7 Å². The zero-order chi connectivity index (χ0) is 30.9. The van der Waals surface area contributed by atoms with Crippen molar-refractivity contribution in [2.45, 2.75) is 0 Å². The predicted molar refractivity (Wildman–Crippen MR) is 205 cm³/mol. The molecule has 0 bridgehead atoms. The molecule has 47 heavy (non-hydrogen) atoms. The Labute approximate surface area is 280 Å². The number of rotatable bonds is 4. The molecule has 0 saturated heterocycles. The fraction of sp³-hybridized carbons (Fsp3) is 0. The zero-order valence-corrected chi connectivity index (χ0v) is 27.0. The van der Waals surface area contributed by atoms with Gasteiger partial charge in [-0.05, 0) is 69.8 Å². The number of nitrogens with zero attached hydrogens (tertiary/aromatic N) is 1. The smallest absolute Gasteiger partial charge is 0.0727 e. The first-order valence-electron chi connectivity index (χ1n) is 15.9. The van der Waals surface area contributed by atoms with Gasteiger partial charge in [-0.3, -0.25) is 0 Å². The summed E-state index contributed by atoms with van der Waals surface area (Å²) in [6.45, 7) is 0. The van der Waals surface area contributed by atoms with E-state index in [1.165, 1.54) is 90.4 Å². The van der Waals surface area contributed by atoms with Gasteiger partial charge < -0.3 is 4.57 Å². The molecule has 0 aliphatic heterocycles. The summed E-state index contributed by atoms with van der Waals surface area (Å²) in [6.07, 6.45) is 0. The highest BCUT2D eigenvalue weighted by Gasteiger charge is 2.19. The first-order valence-corrected chi connectivity index (χ1v) is 17.6. The van der Waals surface area contributed by atoms with Gasteiger partial charge in [-0.2, -0.15) is 0 Å². The number of aromatic nitrogens is 1. The van der Waals surface area contributed by atoms with E-state index in [0.717, 1.165) is 0 Å². The van der Waals surface area contributed by atoms with E-state index in [9.17, 15) is 0 Å². The predicted octanol–water partition coefficient (Wildman–Crippen LogP) is 13.4. The van der Waals surface area contributed by atoms with Crippen molar-refractivity contribution in [1.29, 1.82) is 0 Å². The number of benzene rings is 7. The lowest BCUT2D eigenvalue weighted by Gasteiger charge is -2.10. The molecule has 3 aromatic heterocycles. The Morgan fingerprint density at radius 1 is 0.362 bits per heavy atom. The Bertz CT molecular complexity index is 2780. The number of para-hydroxylation sites is 2. The van der Waals surface area contributed by atoms with Gasteiger partial charge in [-0.15, -0.1) is 22.7 Å². The Hall–Kier alpha value is -5.48. The van der Waals surface area contributed by atoms with Gasteiger partial charge >= 0.3 is 0 Å². The summed E-state index contributed by atoms with van der Waals surface area (Å²) < 4.78 is 7.76. The quantitative estimate of drug-likeness (QED) is 0.182. The lowest BCUT2D eigenvalue weighted by atomic mass is 9.97. The van der Waals surface area contributed by atoms with Crippen LogP contribution in [0.25, 0.3) is 90.4 Å². The second-order valence-electron chi connectivity index (χ2n) is 12.1. The van der Waals surface area contributed by atoms with Crippen molar-refractivity contribution in [2.75, 3.05) is 0 Å². The SMILES string of the molecule is c1ccc(-c2ccc3c(c2)sc2cc(-c4cccc(-c5cccc6c5sc5c7ccccc7n(-c7ccccc7)c65)c4)ccc23)cc1. The van der Waals surface area contributed by atoms with Crippen LogP contribution in [0.5, 0.6) is 0 Å². The summed E-state index contributed by atoms with van der Waals surface area (Å²) in [5, 5.41) is 5.26. The molecule has 220 valence electrons. The largest absolute Gasteiger partial charge is 0.308 e. The molecule has 3 heterocycles. The maximum atomic E-state index is 2.44. The molecule has 1 nitrogen and oxygen atoms in total. The number of hydrogen-bond donors (Lipinski definition) is 0. The fourth-order valence-corrected chi connectivity index (χ4v) is 9.74. The maximum Gasteiger partial charge on any atom is 0.0727 e. The summed E-state index contributed by atoms with van der Waals surface area (Å²) in [5.74, 6) is 0. The van der Waals surface area contributed by atoms with Crippen LogP contribution in [0.15, 0.2) is 164 Å². The molecule has 0 spiro atoms. The minimum atomic E-state index is 1.19. The van der Waals surface area contributed by atoms with E-state index in [2.05, 4.69) is 168 Å². The van der Waals surface area contributed by atoms with Gasteiger partial charge in [0.15, 0.2) is 0 Å². The number of fused-ring (bicyclic) bond motifs is 8. The van der Waals surface area contributed by atoms with Crippen LogP contribution in [-0.2, 0) is 0 Å². The molecule has 0 aliphatic rings. The van der Waals surface area contributed by atoms with Crippen molar-refractivity contribution < 1.29 is 0 Å². The zero-order valence-electron chi connectivity index (χ0n) is 25.4. The molecule has 0 aliphatic carbocycles. The molecule has 0 amide bonds. The third-order valence-corrected chi connectivity index (χ3v) is 11.8. The minimum Gasteiger partial charge on any atom is -0.308 e. The monoisotopic (exact) mass is 633 g/mol. The third kappa shape index (κ3) is 4.21. The summed E-state index contributed by atoms with van der Waals surface area (Å²) in [4.78, 5) is 0. The van der Waals surface area contributed by atoms with Gasteiger partial charge in [0.1, 0.15) is 0 Å². The van der Waals surface area contributed by atoms with Crippen LogP contribution in [0.3, 0.4) is 0 Å². The average molecular weight is 634 g/mol. The maximum absolute atomic E-state index is 2.44. The lowest BCUT2D eigenvalue weighted by Crippen LogP contribution is -1.92. The van der Waals surface area contributed by atoms with Gasteiger partial charge in [-0.25, -0.2) is 0 Å². The molecule has 7 aromatic carbocycles. The van der Waals surface area contributed by atoms with Crippen molar-refractivity contribution in [3.63, 3.8) is 0 Å². The lowest BCUT2D eigenvalue weighted by molar-refractivity contribution is 1.19. The number of thiophene rings is 2. The molecule has 3 heteroatoms. The van der Waals surface area contributed by atoms with Gasteiger partial charge in [0, 0.05) is 41.3 Å². The van der Waals surface area contributed by atoms with Gasteiger partial charge in [-0.1, -0.05) is 127 Å². The van der Waals surface area contributed by atoms with Crippen molar-refractivity contribution in [3.05, 3.63) is 164 Å². The first kappa shape index (κ1) is 26.7. The molecule has 10 rings (SSSR count). The molecule has 0 N–H and O–H groups in total. The third-order valence-electron chi connectivity index (χ3n) is 9.40. The number of hydrogen-bond acceptors (Lipinski definition) is 2. The Kier molecular flexibility index (Phi) is 5.98. The van der Waals surface area contributed by atoms with E-state index in [0.29, 0.717) is 0 Å². The highest BCUT2D eigenvalue weighted by Crippen LogP contribution is 2.46. The normalized spacial score (nSPS) is 11.8. The van der Waals surface area contributed by atoms with Crippen LogP contribution < -0.4 is 0 Å². The molecule has 0 fully saturated rings. The Morgan fingerprint density at radius 2 is 0.957 bits per heavy atom. The minimum absolute atomic E-state index is 1.19. The van der Waals surface area contributed by atoms with Crippen molar-refractivity contribution in [2.24, 2.45) is 0 Å². The molecule has 0 saturated carbocycles. The van der Waals surface area contributed by atoms with E-state index in [1.807, 2.05) is 22.7 Å². The van der Waals surface area contributed by atoms with Crippen molar-refractivity contribution >= 4 is 74.1 Å². The highest BCUT2D eigenvalue weighted by atomic mass is 32.1. The Morgan fingerprint density at radius 3 is 1.74 bits per heavy atom. The van der Waals surface area contributed by atoms with E-state index >= 15 is 0 Å². The second-order valence-corrected chi connectivity index (χ2v) is 14.2. The highest BCUT2D eigenvalue weighted by molar-refractivity contribution is 7.27. The summed E-state index contributed by atoms with van der Waals surface area (Å²) in [7, 11) is 0. The molecule has 0 atom stereocenters. The van der Waals surface area contributed by atoms with Crippen LogP contribution in [-0.4, -0.2) is 4.57 Å². The second kappa shape index (κ2) is 10.5. The van der Waals surface area contributed by atoms with Crippen LogP contribution in [0.1, 0.15) is 0 Å².